The van der Waals surface area contributed by atoms with Crippen LogP contribution in [0.3, 0.4) is 0 Å². The maximum Gasteiger partial charge on any atom is 0.310 e. The predicted molar refractivity (Wildman–Crippen MR) is 106 cm³/mol. The van der Waals surface area contributed by atoms with E-state index in [1.807, 2.05) is 57.2 Å². The molecule has 140 valence electrons. The van der Waals surface area contributed by atoms with Gasteiger partial charge < -0.3 is 15.4 Å². The summed E-state index contributed by atoms with van der Waals surface area (Å²) in [5.74, 6) is -1.47. The maximum absolute atomic E-state index is 12.5. The summed E-state index contributed by atoms with van der Waals surface area (Å²) in [6.45, 7) is 6.31. The van der Waals surface area contributed by atoms with Crippen LogP contribution in [-0.2, 0) is 11.3 Å². The molecular weight excluding hydrogens is 340 g/mol. The molecule has 1 atom stereocenters. The predicted octanol–water partition coefficient (Wildman–Crippen LogP) is 4.29. The molecule has 3 N–H and O–H groups in total. The lowest BCUT2D eigenvalue weighted by atomic mass is 9.96. The number of aliphatic carboxylic acids is 1. The lowest BCUT2D eigenvalue weighted by Crippen LogP contribution is -2.23. The smallest absolute Gasteiger partial charge is 0.310 e. The van der Waals surface area contributed by atoms with Crippen LogP contribution in [0.4, 0.5) is 0 Å². The molecule has 2 aromatic carbocycles. The molecule has 3 rings (SSSR count). The minimum atomic E-state index is -0.817. The monoisotopic (exact) mass is 364 g/mol. The molecule has 0 aliphatic heterocycles. The number of benzene rings is 2. The first-order valence-corrected chi connectivity index (χ1v) is 9.09. The number of carboxylic acid groups (broad SMARTS) is 1. The SMILES string of the molecule is CCC(C(=O)O)c1ccc(CNC(=O)c2cc3c(C)cc(C)cc3[nH]2)cc1. The zero-order valence-corrected chi connectivity index (χ0v) is 15.8. The number of aromatic amines is 1. The van der Waals surface area contributed by atoms with E-state index in [1.54, 1.807) is 0 Å². The molecule has 0 aliphatic rings. The van der Waals surface area contributed by atoms with Gasteiger partial charge in [0.15, 0.2) is 0 Å². The number of carbonyl (C=O) groups excluding carboxylic acids is 1. The van der Waals surface area contributed by atoms with Crippen molar-refractivity contribution in [2.75, 3.05) is 0 Å². The number of carbonyl (C=O) groups is 2. The number of aryl methyl sites for hydroxylation is 2. The van der Waals surface area contributed by atoms with E-state index in [2.05, 4.69) is 16.4 Å². The quantitative estimate of drug-likeness (QED) is 0.610. The molecule has 5 nitrogen and oxygen atoms in total. The molecule has 27 heavy (non-hydrogen) atoms. The molecule has 1 unspecified atom stereocenters. The van der Waals surface area contributed by atoms with Crippen LogP contribution in [0.25, 0.3) is 10.9 Å². The first-order chi connectivity index (χ1) is 12.9. The summed E-state index contributed by atoms with van der Waals surface area (Å²) in [6, 6.07) is 13.4. The van der Waals surface area contributed by atoms with Gasteiger partial charge in [-0.3, -0.25) is 9.59 Å². The molecule has 0 spiro atoms. The number of nitrogens with one attached hydrogen (secondary N) is 2. The fraction of sp³-hybridized carbons (Fsp3) is 0.273. The van der Waals surface area contributed by atoms with Crippen LogP contribution in [0.5, 0.6) is 0 Å². The molecule has 0 radical (unpaired) electrons. The van der Waals surface area contributed by atoms with Gasteiger partial charge in [0.25, 0.3) is 5.91 Å². The van der Waals surface area contributed by atoms with Crippen molar-refractivity contribution >= 4 is 22.8 Å². The summed E-state index contributed by atoms with van der Waals surface area (Å²) >= 11 is 0. The van der Waals surface area contributed by atoms with E-state index in [-0.39, 0.29) is 5.91 Å². The number of fused-ring (bicyclic) bond motifs is 1. The van der Waals surface area contributed by atoms with E-state index in [0.29, 0.717) is 18.7 Å². The Bertz CT molecular complexity index is 987. The highest BCUT2D eigenvalue weighted by Gasteiger charge is 2.17. The van der Waals surface area contributed by atoms with E-state index in [1.165, 1.54) is 0 Å². The number of hydrogen-bond acceptors (Lipinski definition) is 2. The van der Waals surface area contributed by atoms with Gasteiger partial charge in [0.2, 0.25) is 0 Å². The van der Waals surface area contributed by atoms with Crippen molar-refractivity contribution in [3.8, 4) is 0 Å². The molecular formula is C22H24N2O3. The molecule has 5 heteroatoms. The van der Waals surface area contributed by atoms with Gasteiger partial charge in [0.1, 0.15) is 5.69 Å². The molecule has 0 saturated heterocycles. The Morgan fingerprint density at radius 3 is 2.44 bits per heavy atom. The van der Waals surface area contributed by atoms with Crippen molar-refractivity contribution in [1.82, 2.24) is 10.3 Å². The van der Waals surface area contributed by atoms with Crippen molar-refractivity contribution in [2.24, 2.45) is 0 Å². The van der Waals surface area contributed by atoms with Crippen LogP contribution in [0.2, 0.25) is 0 Å². The molecule has 0 aliphatic carbocycles. The molecule has 1 heterocycles. The minimum Gasteiger partial charge on any atom is -0.481 e. The lowest BCUT2D eigenvalue weighted by molar-refractivity contribution is -0.138. The summed E-state index contributed by atoms with van der Waals surface area (Å²) in [4.78, 5) is 26.9. The standard InChI is InChI=1S/C22H24N2O3/c1-4-17(22(26)27)16-7-5-15(6-8-16)12-23-21(25)20-11-18-14(3)9-13(2)10-19(18)24-20/h5-11,17,24H,4,12H2,1-3H3,(H,23,25)(H,26,27). The highest BCUT2D eigenvalue weighted by atomic mass is 16.4. The van der Waals surface area contributed by atoms with E-state index in [4.69, 9.17) is 0 Å². The summed E-state index contributed by atoms with van der Waals surface area (Å²) in [5.41, 5.74) is 5.49. The van der Waals surface area contributed by atoms with Crippen molar-refractivity contribution in [1.29, 1.82) is 0 Å². The number of aromatic nitrogens is 1. The third kappa shape index (κ3) is 4.03. The first kappa shape index (κ1) is 18.7. The Kier molecular flexibility index (Phi) is 5.31. The van der Waals surface area contributed by atoms with Gasteiger partial charge in [0.05, 0.1) is 5.92 Å². The molecule has 0 bridgehead atoms. The van der Waals surface area contributed by atoms with Crippen LogP contribution in [-0.4, -0.2) is 22.0 Å². The topological polar surface area (TPSA) is 82.2 Å². The van der Waals surface area contributed by atoms with E-state index >= 15 is 0 Å². The minimum absolute atomic E-state index is 0.163. The van der Waals surface area contributed by atoms with Crippen molar-refractivity contribution in [3.05, 3.63) is 70.4 Å². The number of carboxylic acids is 1. The fourth-order valence-corrected chi connectivity index (χ4v) is 3.42. The van der Waals surface area contributed by atoms with Gasteiger partial charge in [-0.1, -0.05) is 37.3 Å². The van der Waals surface area contributed by atoms with E-state index in [9.17, 15) is 14.7 Å². The first-order valence-electron chi connectivity index (χ1n) is 9.09. The highest BCUT2D eigenvalue weighted by Crippen LogP contribution is 2.22. The molecule has 0 saturated carbocycles. The normalized spacial score (nSPS) is 12.1. The summed E-state index contributed by atoms with van der Waals surface area (Å²) in [7, 11) is 0. The van der Waals surface area contributed by atoms with Crippen LogP contribution in [0, 0.1) is 13.8 Å². The van der Waals surface area contributed by atoms with E-state index in [0.717, 1.165) is 33.2 Å². The highest BCUT2D eigenvalue weighted by molar-refractivity contribution is 5.99. The van der Waals surface area contributed by atoms with Crippen molar-refractivity contribution in [3.63, 3.8) is 0 Å². The molecule has 3 aromatic rings. The number of H-pyrrole nitrogens is 1. The molecule has 1 amide bonds. The van der Waals surface area contributed by atoms with Gasteiger partial charge in [-0.25, -0.2) is 0 Å². The maximum atomic E-state index is 12.5. The second-order valence-electron chi connectivity index (χ2n) is 6.95. The Labute approximate surface area is 158 Å². The van der Waals surface area contributed by atoms with Gasteiger partial charge in [-0.15, -0.1) is 0 Å². The van der Waals surface area contributed by atoms with Crippen molar-refractivity contribution < 1.29 is 14.7 Å². The zero-order valence-electron chi connectivity index (χ0n) is 15.8. The Balaban J connectivity index is 1.69. The van der Waals surface area contributed by atoms with Crippen molar-refractivity contribution in [2.45, 2.75) is 39.7 Å². The summed E-state index contributed by atoms with van der Waals surface area (Å²) < 4.78 is 0. The van der Waals surface area contributed by atoms with Gasteiger partial charge in [-0.05, 0) is 54.7 Å². The average molecular weight is 364 g/mol. The third-order valence-electron chi connectivity index (χ3n) is 4.88. The third-order valence-corrected chi connectivity index (χ3v) is 4.88. The van der Waals surface area contributed by atoms with Crippen LogP contribution in [0.15, 0.2) is 42.5 Å². The lowest BCUT2D eigenvalue weighted by Gasteiger charge is -2.11. The summed E-state index contributed by atoms with van der Waals surface area (Å²) in [6.07, 6.45) is 0.546. The second-order valence-corrected chi connectivity index (χ2v) is 6.95. The van der Waals surface area contributed by atoms with Crippen LogP contribution >= 0.6 is 0 Å². The molecule has 1 aromatic heterocycles. The molecule has 0 fully saturated rings. The fourth-order valence-electron chi connectivity index (χ4n) is 3.42. The Morgan fingerprint density at radius 1 is 1.11 bits per heavy atom. The Hall–Kier alpha value is -3.08. The second kappa shape index (κ2) is 7.66. The zero-order chi connectivity index (χ0) is 19.6. The Morgan fingerprint density at radius 2 is 1.81 bits per heavy atom. The number of hydrogen-bond donors (Lipinski definition) is 3. The van der Waals surface area contributed by atoms with Gasteiger partial charge in [-0.2, -0.15) is 0 Å². The van der Waals surface area contributed by atoms with Crippen LogP contribution in [0.1, 0.15) is 52.0 Å². The largest absolute Gasteiger partial charge is 0.481 e. The average Bonchev–Trinajstić information content (AvgIpc) is 3.05. The number of amides is 1. The van der Waals surface area contributed by atoms with Crippen LogP contribution < -0.4 is 5.32 Å². The summed E-state index contributed by atoms with van der Waals surface area (Å²) in [5, 5.41) is 13.2. The van der Waals surface area contributed by atoms with E-state index < -0.39 is 11.9 Å². The number of rotatable bonds is 6. The van der Waals surface area contributed by atoms with Gasteiger partial charge in [0, 0.05) is 17.4 Å². The van der Waals surface area contributed by atoms with Gasteiger partial charge >= 0.3 is 5.97 Å².